The Bertz CT molecular complexity index is 497. The third-order valence-electron chi connectivity index (χ3n) is 2.15. The molecule has 5 nitrogen and oxygen atoms in total. The number of rotatable bonds is 3. The van der Waals surface area contributed by atoms with E-state index in [2.05, 4.69) is 15.3 Å². The Hall–Kier alpha value is -2.43. The summed E-state index contributed by atoms with van der Waals surface area (Å²) in [6.45, 7) is 0. The molecule has 1 aromatic carbocycles. The highest BCUT2D eigenvalue weighted by atomic mass is 16.3. The van der Waals surface area contributed by atoms with Crippen molar-refractivity contribution in [3.63, 3.8) is 0 Å². The molecule has 0 fully saturated rings. The number of carbonyl (C=O) groups excluding carboxylic acids is 1. The molecule has 0 aliphatic heterocycles. The minimum atomic E-state index is -0.158. The normalized spacial score (nSPS) is 9.88. The van der Waals surface area contributed by atoms with Gasteiger partial charge in [-0.3, -0.25) is 4.79 Å². The molecule has 0 atom stereocenters. The standard InChI is InChI=1S/C12H11N3O2/c16-10-3-1-9(2-4-10)7-12(17)15-11-5-6-13-8-14-11/h1-6,8,16H,7H2,(H,13,14,15,17). The molecule has 0 bridgehead atoms. The van der Waals surface area contributed by atoms with Crippen molar-refractivity contribution in [2.24, 2.45) is 0 Å². The van der Waals surface area contributed by atoms with Crippen LogP contribution in [0, 0.1) is 0 Å². The number of nitrogens with zero attached hydrogens (tertiary/aromatic N) is 2. The van der Waals surface area contributed by atoms with Crippen LogP contribution in [0.2, 0.25) is 0 Å². The first kappa shape index (κ1) is 11.1. The van der Waals surface area contributed by atoms with Crippen molar-refractivity contribution in [1.29, 1.82) is 0 Å². The van der Waals surface area contributed by atoms with Gasteiger partial charge < -0.3 is 10.4 Å². The number of hydrogen-bond donors (Lipinski definition) is 2. The van der Waals surface area contributed by atoms with Crippen molar-refractivity contribution in [3.8, 4) is 5.75 Å². The summed E-state index contributed by atoms with van der Waals surface area (Å²) in [6, 6.07) is 8.12. The summed E-state index contributed by atoms with van der Waals surface area (Å²) in [7, 11) is 0. The maximum absolute atomic E-state index is 11.6. The summed E-state index contributed by atoms with van der Waals surface area (Å²) in [5.41, 5.74) is 0.828. The molecule has 0 aliphatic rings. The van der Waals surface area contributed by atoms with Crippen LogP contribution in [0.5, 0.6) is 5.75 Å². The molecule has 2 rings (SSSR count). The average Bonchev–Trinajstić information content (AvgIpc) is 2.33. The lowest BCUT2D eigenvalue weighted by molar-refractivity contribution is -0.115. The Morgan fingerprint density at radius 2 is 2.00 bits per heavy atom. The first-order valence-electron chi connectivity index (χ1n) is 5.08. The lowest BCUT2D eigenvalue weighted by Gasteiger charge is -2.03. The van der Waals surface area contributed by atoms with Crippen LogP contribution in [0.15, 0.2) is 42.9 Å². The van der Waals surface area contributed by atoms with Crippen molar-refractivity contribution in [2.45, 2.75) is 6.42 Å². The van der Waals surface area contributed by atoms with Gasteiger partial charge in [0.15, 0.2) is 0 Å². The molecule has 1 aromatic heterocycles. The predicted octanol–water partition coefficient (Wildman–Crippen LogP) is 1.36. The maximum atomic E-state index is 11.6. The molecule has 17 heavy (non-hydrogen) atoms. The van der Waals surface area contributed by atoms with Crippen LogP contribution in [0.25, 0.3) is 0 Å². The second kappa shape index (κ2) is 5.07. The van der Waals surface area contributed by atoms with Gasteiger partial charge in [0.1, 0.15) is 17.9 Å². The van der Waals surface area contributed by atoms with E-state index in [9.17, 15) is 4.79 Å². The van der Waals surface area contributed by atoms with E-state index in [4.69, 9.17) is 5.11 Å². The fourth-order valence-electron chi connectivity index (χ4n) is 1.35. The van der Waals surface area contributed by atoms with Crippen molar-refractivity contribution < 1.29 is 9.90 Å². The second-order valence-electron chi connectivity index (χ2n) is 3.49. The number of nitrogens with one attached hydrogen (secondary N) is 1. The molecule has 0 spiro atoms. The fourth-order valence-corrected chi connectivity index (χ4v) is 1.35. The molecule has 5 heteroatoms. The van der Waals surface area contributed by atoms with Crippen LogP contribution >= 0.6 is 0 Å². The van der Waals surface area contributed by atoms with E-state index >= 15 is 0 Å². The van der Waals surface area contributed by atoms with Crippen LogP contribution in [0.4, 0.5) is 5.82 Å². The third-order valence-corrected chi connectivity index (χ3v) is 2.15. The van der Waals surface area contributed by atoms with Crippen LogP contribution < -0.4 is 5.32 Å². The second-order valence-corrected chi connectivity index (χ2v) is 3.49. The number of aromatic hydroxyl groups is 1. The van der Waals surface area contributed by atoms with Crippen molar-refractivity contribution >= 4 is 11.7 Å². The van der Waals surface area contributed by atoms with Crippen LogP contribution in [-0.4, -0.2) is 21.0 Å². The zero-order chi connectivity index (χ0) is 12.1. The van der Waals surface area contributed by atoms with Gasteiger partial charge in [0, 0.05) is 6.20 Å². The molecule has 0 unspecified atom stereocenters. The monoisotopic (exact) mass is 229 g/mol. The van der Waals surface area contributed by atoms with Crippen LogP contribution in [0.3, 0.4) is 0 Å². The summed E-state index contributed by atoms with van der Waals surface area (Å²) < 4.78 is 0. The molecular formula is C12H11N3O2. The molecule has 1 amide bonds. The topological polar surface area (TPSA) is 75.1 Å². The largest absolute Gasteiger partial charge is 0.508 e. The van der Waals surface area contributed by atoms with E-state index in [1.54, 1.807) is 36.5 Å². The molecule has 0 saturated heterocycles. The molecular weight excluding hydrogens is 218 g/mol. The van der Waals surface area contributed by atoms with Crippen molar-refractivity contribution in [2.75, 3.05) is 5.32 Å². The zero-order valence-corrected chi connectivity index (χ0v) is 9.00. The molecule has 2 N–H and O–H groups in total. The molecule has 0 saturated carbocycles. The summed E-state index contributed by atoms with van der Waals surface area (Å²) >= 11 is 0. The number of anilines is 1. The van der Waals surface area contributed by atoms with Crippen LogP contribution in [-0.2, 0) is 11.2 Å². The molecule has 1 heterocycles. The van der Waals surface area contributed by atoms with Gasteiger partial charge in [0.25, 0.3) is 0 Å². The van der Waals surface area contributed by atoms with Crippen molar-refractivity contribution in [3.05, 3.63) is 48.4 Å². The third kappa shape index (κ3) is 3.27. The molecule has 0 aliphatic carbocycles. The lowest BCUT2D eigenvalue weighted by atomic mass is 10.1. The highest BCUT2D eigenvalue weighted by molar-refractivity contribution is 5.91. The average molecular weight is 229 g/mol. The first-order chi connectivity index (χ1) is 8.24. The Kier molecular flexibility index (Phi) is 3.30. The van der Waals surface area contributed by atoms with E-state index in [1.807, 2.05) is 0 Å². The first-order valence-corrected chi connectivity index (χ1v) is 5.08. The van der Waals surface area contributed by atoms with Gasteiger partial charge >= 0.3 is 0 Å². The Balaban J connectivity index is 1.96. The summed E-state index contributed by atoms with van der Waals surface area (Å²) in [4.78, 5) is 19.3. The number of hydrogen-bond acceptors (Lipinski definition) is 4. The van der Waals surface area contributed by atoms with E-state index in [0.717, 1.165) is 5.56 Å². The molecule has 0 radical (unpaired) electrons. The fraction of sp³-hybridized carbons (Fsp3) is 0.0833. The zero-order valence-electron chi connectivity index (χ0n) is 9.00. The van der Waals surface area contributed by atoms with Gasteiger partial charge in [-0.25, -0.2) is 9.97 Å². The maximum Gasteiger partial charge on any atom is 0.229 e. The highest BCUT2D eigenvalue weighted by Gasteiger charge is 2.04. The van der Waals surface area contributed by atoms with Gasteiger partial charge in [-0.2, -0.15) is 0 Å². The summed E-state index contributed by atoms with van der Waals surface area (Å²) in [5.74, 6) is 0.503. The Labute approximate surface area is 98.2 Å². The number of benzene rings is 1. The van der Waals surface area contributed by atoms with E-state index in [-0.39, 0.29) is 18.1 Å². The Morgan fingerprint density at radius 3 is 2.65 bits per heavy atom. The highest BCUT2D eigenvalue weighted by Crippen LogP contribution is 2.10. The van der Waals surface area contributed by atoms with Gasteiger partial charge in [-0.15, -0.1) is 0 Å². The van der Waals surface area contributed by atoms with E-state index in [1.165, 1.54) is 6.33 Å². The lowest BCUT2D eigenvalue weighted by Crippen LogP contribution is -2.15. The van der Waals surface area contributed by atoms with Crippen molar-refractivity contribution in [1.82, 2.24) is 9.97 Å². The minimum Gasteiger partial charge on any atom is -0.508 e. The van der Waals surface area contributed by atoms with Gasteiger partial charge in [0.2, 0.25) is 5.91 Å². The minimum absolute atomic E-state index is 0.158. The number of carbonyl (C=O) groups is 1. The van der Waals surface area contributed by atoms with E-state index in [0.29, 0.717) is 5.82 Å². The Morgan fingerprint density at radius 1 is 1.24 bits per heavy atom. The molecule has 86 valence electrons. The number of aromatic nitrogens is 2. The quantitative estimate of drug-likeness (QED) is 0.833. The van der Waals surface area contributed by atoms with Gasteiger partial charge in [-0.1, -0.05) is 12.1 Å². The van der Waals surface area contributed by atoms with E-state index < -0.39 is 0 Å². The summed E-state index contributed by atoms with van der Waals surface area (Å²) in [5, 5.41) is 11.8. The number of phenolic OH excluding ortho intramolecular Hbond substituents is 1. The predicted molar refractivity (Wildman–Crippen MR) is 62.5 cm³/mol. The smallest absolute Gasteiger partial charge is 0.229 e. The SMILES string of the molecule is O=C(Cc1ccc(O)cc1)Nc1ccncn1. The molecule has 2 aromatic rings. The van der Waals surface area contributed by atoms with Gasteiger partial charge in [-0.05, 0) is 23.8 Å². The number of phenols is 1. The van der Waals surface area contributed by atoms with Crippen LogP contribution in [0.1, 0.15) is 5.56 Å². The summed E-state index contributed by atoms with van der Waals surface area (Å²) in [6.07, 6.45) is 3.17. The van der Waals surface area contributed by atoms with Gasteiger partial charge in [0.05, 0.1) is 6.42 Å². The number of amides is 1.